The molecule has 23 heavy (non-hydrogen) atoms. The highest BCUT2D eigenvalue weighted by Crippen LogP contribution is 2.31. The number of rotatable bonds is 2. The number of oxazole rings is 1. The van der Waals surface area contributed by atoms with E-state index in [0.717, 1.165) is 29.5 Å². The average Bonchev–Trinajstić information content (AvgIpc) is 3.13. The number of fused-ring (bicyclic) bond motifs is 1. The Balaban J connectivity index is 1.41. The molecule has 2 fully saturated rings. The fourth-order valence-electron chi connectivity index (χ4n) is 3.37. The van der Waals surface area contributed by atoms with E-state index in [9.17, 15) is 4.79 Å². The Kier molecular flexibility index (Phi) is 3.58. The van der Waals surface area contributed by atoms with Crippen LogP contribution in [-0.4, -0.2) is 47.9 Å². The van der Waals surface area contributed by atoms with E-state index in [1.165, 1.54) is 0 Å². The van der Waals surface area contributed by atoms with Crippen molar-refractivity contribution >= 4 is 17.0 Å². The van der Waals surface area contributed by atoms with Gasteiger partial charge in [-0.3, -0.25) is 4.79 Å². The fraction of sp³-hybridized carbons (Fsp3) is 0.529. The zero-order valence-electron chi connectivity index (χ0n) is 13.2. The van der Waals surface area contributed by atoms with Crippen LogP contribution in [0, 0.1) is 6.92 Å². The van der Waals surface area contributed by atoms with Gasteiger partial charge in [0.05, 0.1) is 19.6 Å². The maximum atomic E-state index is 12.5. The Morgan fingerprint density at radius 3 is 2.74 bits per heavy atom. The Labute approximate surface area is 134 Å². The van der Waals surface area contributed by atoms with E-state index in [1.807, 2.05) is 30.0 Å². The van der Waals surface area contributed by atoms with Gasteiger partial charge in [-0.1, -0.05) is 6.07 Å². The van der Waals surface area contributed by atoms with Gasteiger partial charge >= 0.3 is 0 Å². The quantitative estimate of drug-likeness (QED) is 0.848. The summed E-state index contributed by atoms with van der Waals surface area (Å²) >= 11 is 0. The number of ether oxygens (including phenoxy) is 2. The monoisotopic (exact) mass is 316 g/mol. The molecular formula is C17H20N2O4. The highest BCUT2D eigenvalue weighted by atomic mass is 16.7. The molecule has 0 N–H and O–H groups in total. The minimum absolute atomic E-state index is 0.136. The molecule has 6 nitrogen and oxygen atoms in total. The fourth-order valence-corrected chi connectivity index (χ4v) is 3.37. The molecule has 2 aliphatic rings. The average molecular weight is 316 g/mol. The summed E-state index contributed by atoms with van der Waals surface area (Å²) in [5.41, 5.74) is 2.52. The number of aryl methyl sites for hydroxylation is 1. The van der Waals surface area contributed by atoms with Gasteiger partial charge in [-0.2, -0.15) is 0 Å². The molecular weight excluding hydrogens is 296 g/mol. The van der Waals surface area contributed by atoms with Crippen LogP contribution in [0.15, 0.2) is 22.6 Å². The van der Waals surface area contributed by atoms with Crippen LogP contribution in [0.25, 0.3) is 11.1 Å². The number of aromatic nitrogens is 1. The molecule has 0 radical (unpaired) electrons. The number of piperidine rings is 1. The van der Waals surface area contributed by atoms with Crippen LogP contribution in [0.5, 0.6) is 0 Å². The minimum Gasteiger partial charge on any atom is -0.441 e. The molecule has 1 spiro atoms. The van der Waals surface area contributed by atoms with E-state index < -0.39 is 5.79 Å². The Hall–Kier alpha value is -1.92. The van der Waals surface area contributed by atoms with Gasteiger partial charge in [0.25, 0.3) is 0 Å². The van der Waals surface area contributed by atoms with Gasteiger partial charge in [-0.25, -0.2) is 4.98 Å². The molecule has 6 heteroatoms. The molecule has 1 aromatic carbocycles. The van der Waals surface area contributed by atoms with Crippen LogP contribution in [-0.2, 0) is 20.7 Å². The smallest absolute Gasteiger partial charge is 0.226 e. The van der Waals surface area contributed by atoms with Gasteiger partial charge < -0.3 is 18.8 Å². The molecule has 0 atom stereocenters. The number of carbonyl (C=O) groups excluding carboxylic acids is 1. The van der Waals surface area contributed by atoms with E-state index in [0.29, 0.717) is 38.6 Å². The van der Waals surface area contributed by atoms with Crippen molar-refractivity contribution in [1.82, 2.24) is 9.88 Å². The maximum absolute atomic E-state index is 12.5. The van der Waals surface area contributed by atoms with Crippen molar-refractivity contribution in [3.05, 3.63) is 29.7 Å². The van der Waals surface area contributed by atoms with E-state index in [2.05, 4.69) is 4.98 Å². The molecule has 2 saturated heterocycles. The Morgan fingerprint density at radius 1 is 1.26 bits per heavy atom. The van der Waals surface area contributed by atoms with Crippen molar-refractivity contribution in [2.24, 2.45) is 0 Å². The van der Waals surface area contributed by atoms with Gasteiger partial charge in [0, 0.05) is 32.9 Å². The van der Waals surface area contributed by atoms with Crippen molar-refractivity contribution in [3.63, 3.8) is 0 Å². The third-order valence-electron chi connectivity index (χ3n) is 4.61. The second kappa shape index (κ2) is 5.62. The molecule has 1 aromatic heterocycles. The Bertz CT molecular complexity index is 723. The molecule has 0 unspecified atom stereocenters. The maximum Gasteiger partial charge on any atom is 0.226 e. The normalized spacial score (nSPS) is 20.5. The summed E-state index contributed by atoms with van der Waals surface area (Å²) < 4.78 is 16.9. The van der Waals surface area contributed by atoms with E-state index in [-0.39, 0.29) is 5.91 Å². The third-order valence-corrected chi connectivity index (χ3v) is 4.61. The van der Waals surface area contributed by atoms with Crippen LogP contribution < -0.4 is 0 Å². The number of benzene rings is 1. The van der Waals surface area contributed by atoms with Crippen LogP contribution >= 0.6 is 0 Å². The van der Waals surface area contributed by atoms with Crippen LogP contribution in [0.4, 0.5) is 0 Å². The first kappa shape index (κ1) is 14.7. The second-order valence-corrected chi connectivity index (χ2v) is 6.20. The summed E-state index contributed by atoms with van der Waals surface area (Å²) in [5.74, 6) is 0.340. The van der Waals surface area contributed by atoms with E-state index in [1.54, 1.807) is 0 Å². The molecule has 3 heterocycles. The lowest BCUT2D eigenvalue weighted by atomic mass is 10.0. The molecule has 2 aromatic rings. The van der Waals surface area contributed by atoms with Crippen molar-refractivity contribution in [2.75, 3.05) is 26.3 Å². The van der Waals surface area contributed by atoms with Crippen molar-refractivity contribution < 1.29 is 18.7 Å². The summed E-state index contributed by atoms with van der Waals surface area (Å²) in [6, 6.07) is 5.74. The van der Waals surface area contributed by atoms with Crippen LogP contribution in [0.2, 0.25) is 0 Å². The van der Waals surface area contributed by atoms with Crippen LogP contribution in [0.1, 0.15) is 24.3 Å². The number of hydrogen-bond donors (Lipinski definition) is 0. The number of hydrogen-bond acceptors (Lipinski definition) is 5. The minimum atomic E-state index is -0.437. The van der Waals surface area contributed by atoms with Gasteiger partial charge in [0.15, 0.2) is 17.3 Å². The largest absolute Gasteiger partial charge is 0.441 e. The topological polar surface area (TPSA) is 64.8 Å². The second-order valence-electron chi connectivity index (χ2n) is 6.20. The molecule has 0 saturated carbocycles. The standard InChI is InChI=1S/C17H20N2O4/c1-12-18-14-10-13(2-3-15(14)23-12)11-16(20)19-6-4-17(5-7-19)21-8-9-22-17/h2-3,10H,4-9,11H2,1H3. The number of nitrogens with zero attached hydrogens (tertiary/aromatic N) is 2. The first-order valence-corrected chi connectivity index (χ1v) is 8.05. The summed E-state index contributed by atoms with van der Waals surface area (Å²) in [5, 5.41) is 0. The van der Waals surface area contributed by atoms with E-state index in [4.69, 9.17) is 13.9 Å². The predicted octanol–water partition coefficient (Wildman–Crippen LogP) is 2.04. The van der Waals surface area contributed by atoms with Crippen molar-refractivity contribution in [3.8, 4) is 0 Å². The van der Waals surface area contributed by atoms with E-state index >= 15 is 0 Å². The third kappa shape index (κ3) is 2.84. The lowest BCUT2D eigenvalue weighted by molar-refractivity contribution is -0.187. The zero-order valence-corrected chi connectivity index (χ0v) is 13.2. The predicted molar refractivity (Wildman–Crippen MR) is 82.9 cm³/mol. The van der Waals surface area contributed by atoms with Crippen LogP contribution in [0.3, 0.4) is 0 Å². The summed E-state index contributed by atoms with van der Waals surface area (Å²) in [6.07, 6.45) is 1.89. The summed E-state index contributed by atoms with van der Waals surface area (Å²) in [7, 11) is 0. The molecule has 122 valence electrons. The summed E-state index contributed by atoms with van der Waals surface area (Å²) in [6.45, 7) is 4.51. The molecule has 2 aliphatic heterocycles. The van der Waals surface area contributed by atoms with Gasteiger partial charge in [-0.05, 0) is 17.7 Å². The molecule has 4 rings (SSSR count). The first-order chi connectivity index (χ1) is 11.1. The Morgan fingerprint density at radius 2 is 2.00 bits per heavy atom. The summed E-state index contributed by atoms with van der Waals surface area (Å²) in [4.78, 5) is 18.7. The molecule has 0 bridgehead atoms. The molecule has 1 amide bonds. The number of likely N-dealkylation sites (tertiary alicyclic amines) is 1. The highest BCUT2D eigenvalue weighted by Gasteiger charge is 2.40. The molecule has 0 aliphatic carbocycles. The van der Waals surface area contributed by atoms with Gasteiger partial charge in [-0.15, -0.1) is 0 Å². The van der Waals surface area contributed by atoms with Crippen molar-refractivity contribution in [2.45, 2.75) is 32.0 Å². The van der Waals surface area contributed by atoms with Crippen molar-refractivity contribution in [1.29, 1.82) is 0 Å². The van der Waals surface area contributed by atoms with Gasteiger partial charge in [0.1, 0.15) is 5.52 Å². The SMILES string of the molecule is Cc1nc2cc(CC(=O)N3CCC4(CC3)OCCO4)ccc2o1. The zero-order chi connectivity index (χ0) is 15.9. The highest BCUT2D eigenvalue weighted by molar-refractivity contribution is 5.81. The number of carbonyl (C=O) groups is 1. The number of amides is 1. The van der Waals surface area contributed by atoms with Gasteiger partial charge in [0.2, 0.25) is 5.91 Å². The first-order valence-electron chi connectivity index (χ1n) is 8.05. The lowest BCUT2D eigenvalue weighted by Crippen LogP contribution is -2.47. The lowest BCUT2D eigenvalue weighted by Gasteiger charge is -2.37.